The third kappa shape index (κ3) is 28.4. The van der Waals surface area contributed by atoms with E-state index in [0.717, 1.165) is 32.1 Å². The van der Waals surface area contributed by atoms with Gasteiger partial charge in [0, 0.05) is 6.42 Å². The lowest BCUT2D eigenvalue weighted by Crippen LogP contribution is -2.15. The molecule has 0 saturated carbocycles. The Morgan fingerprint density at radius 1 is 0.421 bits per heavy atom. The van der Waals surface area contributed by atoms with E-state index in [4.69, 9.17) is 0 Å². The molecule has 0 rings (SSSR count). The second-order valence-corrected chi connectivity index (χ2v) is 12.2. The third-order valence-corrected chi connectivity index (χ3v) is 8.40. The maximum atomic E-state index is 12.4. The minimum absolute atomic E-state index is 0.143. The first-order valence-electron chi connectivity index (χ1n) is 17.7. The summed E-state index contributed by atoms with van der Waals surface area (Å²) in [6.07, 6.45) is 42.0. The smallest absolute Gasteiger partial charge is 0.209 e. The van der Waals surface area contributed by atoms with Crippen molar-refractivity contribution in [1.82, 2.24) is 0 Å². The summed E-state index contributed by atoms with van der Waals surface area (Å²) < 4.78 is 0. The van der Waals surface area contributed by atoms with Crippen LogP contribution in [-0.4, -0.2) is 12.1 Å². The van der Waals surface area contributed by atoms with E-state index >= 15 is 0 Å². The molecule has 0 saturated heterocycles. The summed E-state index contributed by atoms with van der Waals surface area (Å²) >= 11 is 0. The van der Waals surface area contributed by atoms with Gasteiger partial charge in [-0.1, -0.05) is 194 Å². The zero-order valence-electron chi connectivity index (χ0n) is 26.3. The molecule has 0 amide bonds. The van der Waals surface area contributed by atoms with Gasteiger partial charge in [-0.2, -0.15) is 0 Å². The van der Waals surface area contributed by atoms with Crippen molar-refractivity contribution >= 4 is 12.1 Å². The van der Waals surface area contributed by atoms with Crippen LogP contribution in [-0.2, 0) is 9.59 Å². The molecule has 0 aromatic heterocycles. The van der Waals surface area contributed by atoms with Crippen molar-refractivity contribution in [3.05, 3.63) is 0 Å². The molecule has 0 aromatic rings. The molecule has 2 nitrogen and oxygen atoms in total. The number of Topliss-reactive ketones (excluding diaryl/α,β-unsaturated/α-hetero) is 1. The number of ketones is 1. The van der Waals surface area contributed by atoms with Crippen LogP contribution >= 0.6 is 0 Å². The highest BCUT2D eigenvalue weighted by atomic mass is 16.1. The number of rotatable bonds is 33. The molecule has 225 valence electrons. The van der Waals surface area contributed by atoms with Gasteiger partial charge in [0.2, 0.25) is 6.29 Å². The Kier molecular flexibility index (Phi) is 32.0. The second-order valence-electron chi connectivity index (χ2n) is 12.2. The van der Waals surface area contributed by atoms with Gasteiger partial charge in [0.25, 0.3) is 0 Å². The topological polar surface area (TPSA) is 34.1 Å². The summed E-state index contributed by atoms with van der Waals surface area (Å²) in [6, 6.07) is 0. The van der Waals surface area contributed by atoms with Gasteiger partial charge in [-0.3, -0.25) is 9.59 Å². The number of unbranched alkanes of at least 4 members (excludes halogenated alkanes) is 27. The van der Waals surface area contributed by atoms with Gasteiger partial charge in [-0.15, -0.1) is 0 Å². The normalized spacial score (nSPS) is 12.2. The summed E-state index contributed by atoms with van der Waals surface area (Å²) in [5.41, 5.74) is 0. The van der Waals surface area contributed by atoms with E-state index in [-0.39, 0.29) is 5.78 Å². The fourth-order valence-electron chi connectivity index (χ4n) is 5.67. The van der Waals surface area contributed by atoms with Gasteiger partial charge in [-0.05, 0) is 12.8 Å². The van der Waals surface area contributed by atoms with Crippen LogP contribution < -0.4 is 0 Å². The molecule has 0 N–H and O–H groups in total. The molecule has 0 aliphatic rings. The Morgan fingerprint density at radius 3 is 0.974 bits per heavy atom. The molecule has 0 fully saturated rings. The molecule has 0 aliphatic carbocycles. The van der Waals surface area contributed by atoms with Gasteiger partial charge in [0.15, 0.2) is 0 Å². The van der Waals surface area contributed by atoms with E-state index in [1.165, 1.54) is 161 Å². The summed E-state index contributed by atoms with van der Waals surface area (Å²) in [6.45, 7) is 4.56. The van der Waals surface area contributed by atoms with Crippen molar-refractivity contribution in [2.24, 2.45) is 5.92 Å². The zero-order chi connectivity index (χ0) is 27.8. The van der Waals surface area contributed by atoms with Gasteiger partial charge >= 0.3 is 0 Å². The lowest BCUT2D eigenvalue weighted by molar-refractivity contribution is -0.121. The first-order chi connectivity index (χ1) is 18.8. The minimum Gasteiger partial charge on any atom is -0.299 e. The van der Waals surface area contributed by atoms with Gasteiger partial charge in [-0.25, -0.2) is 0 Å². The van der Waals surface area contributed by atoms with Crippen LogP contribution in [0.25, 0.3) is 0 Å². The Bertz CT molecular complexity index is 472. The maximum absolute atomic E-state index is 12.4. The van der Waals surface area contributed by atoms with Gasteiger partial charge in [0.05, 0.1) is 5.92 Å². The predicted octanol–water partition coefficient (Wildman–Crippen LogP) is 12.4. The number of carbonyl (C=O) groups is 1. The van der Waals surface area contributed by atoms with Crippen molar-refractivity contribution < 1.29 is 9.59 Å². The first kappa shape index (κ1) is 37.3. The van der Waals surface area contributed by atoms with Crippen LogP contribution in [0.3, 0.4) is 0 Å². The molecule has 0 aromatic carbocycles. The summed E-state index contributed by atoms with van der Waals surface area (Å²) in [7, 11) is 0. The van der Waals surface area contributed by atoms with E-state index in [1.807, 2.05) is 0 Å². The van der Waals surface area contributed by atoms with Crippen LogP contribution in [0.1, 0.15) is 213 Å². The summed E-state index contributed by atoms with van der Waals surface area (Å²) in [5.74, 6) is -0.316. The largest absolute Gasteiger partial charge is 0.299 e. The van der Waals surface area contributed by atoms with Crippen LogP contribution in [0, 0.1) is 5.92 Å². The van der Waals surface area contributed by atoms with Crippen LogP contribution in [0.5, 0.6) is 0 Å². The van der Waals surface area contributed by atoms with Crippen LogP contribution in [0.15, 0.2) is 0 Å². The van der Waals surface area contributed by atoms with Crippen molar-refractivity contribution in [2.45, 2.75) is 213 Å². The fourth-order valence-corrected chi connectivity index (χ4v) is 5.67. The molecule has 0 spiro atoms. The number of hydrogen-bond acceptors (Lipinski definition) is 2. The fraction of sp³-hybridized carbons (Fsp3) is 0.944. The Morgan fingerprint density at radius 2 is 0.684 bits per heavy atom. The predicted molar refractivity (Wildman–Crippen MR) is 169 cm³/mol. The quantitative estimate of drug-likeness (QED) is 0.0620. The van der Waals surface area contributed by atoms with Crippen molar-refractivity contribution in [2.75, 3.05) is 0 Å². The zero-order valence-corrected chi connectivity index (χ0v) is 26.3. The molecule has 0 unspecified atom stereocenters. The monoisotopic (exact) mass is 534 g/mol. The second kappa shape index (κ2) is 32.6. The summed E-state index contributed by atoms with van der Waals surface area (Å²) in [5, 5.41) is 0. The maximum Gasteiger partial charge on any atom is 0.209 e. The molecular weight excluding hydrogens is 464 g/mol. The Balaban J connectivity index is 3.40. The molecule has 0 bridgehead atoms. The average molecular weight is 534 g/mol. The minimum atomic E-state index is -0.459. The number of carbonyl (C=O) groups excluding carboxylic acids is 2. The van der Waals surface area contributed by atoms with Crippen LogP contribution in [0.2, 0.25) is 0 Å². The molecule has 1 atom stereocenters. The molecule has 2 heteroatoms. The molecule has 0 aliphatic heterocycles. The highest BCUT2D eigenvalue weighted by molar-refractivity contribution is 5.93. The molecule has 38 heavy (non-hydrogen) atoms. The van der Waals surface area contributed by atoms with Crippen molar-refractivity contribution in [3.8, 4) is 0 Å². The number of hydrogen-bond donors (Lipinski definition) is 0. The SMILES string of the molecule is CCCCCCCCCCCCCCCCCC(=O)[C@H]([C]=O)CCCCCCCCCCCCCCCC. The first-order valence-corrected chi connectivity index (χ1v) is 17.7. The highest BCUT2D eigenvalue weighted by Gasteiger charge is 2.17. The van der Waals surface area contributed by atoms with E-state index < -0.39 is 5.92 Å². The summed E-state index contributed by atoms with van der Waals surface area (Å²) in [4.78, 5) is 23.7. The standard InChI is InChI=1S/C36H69O2/c1-3-5-7-9-11-13-15-17-19-21-23-25-27-29-31-33-36(38)35(34-37)32-30-28-26-24-22-20-18-16-14-12-10-8-6-4-2/h35H,3-33H2,1-2H3/t35-/m0/s1. The third-order valence-electron chi connectivity index (χ3n) is 8.40. The van der Waals surface area contributed by atoms with Crippen molar-refractivity contribution in [1.29, 1.82) is 0 Å². The molecule has 0 heterocycles. The van der Waals surface area contributed by atoms with E-state index in [0.29, 0.717) is 6.42 Å². The lowest BCUT2D eigenvalue weighted by Gasteiger charge is -2.09. The Hall–Kier alpha value is -0.660. The van der Waals surface area contributed by atoms with E-state index in [1.54, 1.807) is 0 Å². The highest BCUT2D eigenvalue weighted by Crippen LogP contribution is 2.18. The van der Waals surface area contributed by atoms with E-state index in [9.17, 15) is 9.59 Å². The lowest BCUT2D eigenvalue weighted by atomic mass is 9.94. The average Bonchev–Trinajstić information content (AvgIpc) is 2.93. The van der Waals surface area contributed by atoms with Gasteiger partial charge < -0.3 is 0 Å². The molecule has 1 radical (unpaired) electrons. The molecular formula is C36H69O2. The Labute approximate surface area is 240 Å². The van der Waals surface area contributed by atoms with Crippen molar-refractivity contribution in [3.63, 3.8) is 0 Å². The van der Waals surface area contributed by atoms with Crippen LogP contribution in [0.4, 0.5) is 0 Å². The van der Waals surface area contributed by atoms with Gasteiger partial charge in [0.1, 0.15) is 5.78 Å². The van der Waals surface area contributed by atoms with E-state index in [2.05, 4.69) is 20.1 Å².